The van der Waals surface area contributed by atoms with Crippen molar-refractivity contribution in [2.24, 2.45) is 0 Å². The van der Waals surface area contributed by atoms with Crippen LogP contribution in [0, 0.1) is 0 Å². The summed E-state index contributed by atoms with van der Waals surface area (Å²) >= 11 is 0. The highest BCUT2D eigenvalue weighted by Crippen LogP contribution is 2.40. The zero-order chi connectivity index (χ0) is 17.2. The Bertz CT molecular complexity index is 675. The van der Waals surface area contributed by atoms with Crippen molar-refractivity contribution in [1.29, 1.82) is 0 Å². The molecule has 0 saturated carbocycles. The SMILES string of the molecule is CC[Si]1(CC)OC(c2ccccc2)[Si](CC)(CC)c2ccccc21. The topological polar surface area (TPSA) is 9.23 Å². The smallest absolute Gasteiger partial charge is 0.224 e. The van der Waals surface area contributed by atoms with Crippen LogP contribution in [0.25, 0.3) is 0 Å². The Balaban J connectivity index is 2.27. The lowest BCUT2D eigenvalue weighted by atomic mass is 10.2. The summed E-state index contributed by atoms with van der Waals surface area (Å²) in [5.74, 6) is 0. The first-order valence-corrected chi connectivity index (χ1v) is 14.3. The molecule has 128 valence electrons. The number of hydrogen-bond donors (Lipinski definition) is 0. The minimum Gasteiger partial charge on any atom is -0.408 e. The number of rotatable bonds is 5. The van der Waals surface area contributed by atoms with Crippen LogP contribution in [0.4, 0.5) is 0 Å². The predicted octanol–water partition coefficient (Wildman–Crippen LogP) is 4.89. The summed E-state index contributed by atoms with van der Waals surface area (Å²) in [6.07, 6.45) is 0. The molecule has 0 spiro atoms. The van der Waals surface area contributed by atoms with Gasteiger partial charge in [-0.1, -0.05) is 99.6 Å². The first-order valence-electron chi connectivity index (χ1n) is 9.50. The Labute approximate surface area is 149 Å². The fourth-order valence-corrected chi connectivity index (χ4v) is 15.1. The molecule has 3 rings (SSSR count). The summed E-state index contributed by atoms with van der Waals surface area (Å²) in [6, 6.07) is 25.2. The molecule has 0 radical (unpaired) electrons. The normalized spacial score (nSPS) is 21.2. The van der Waals surface area contributed by atoms with Crippen LogP contribution in [0.5, 0.6) is 0 Å². The molecule has 1 heterocycles. The van der Waals surface area contributed by atoms with Gasteiger partial charge in [-0.15, -0.1) is 0 Å². The first-order chi connectivity index (χ1) is 11.7. The molecule has 24 heavy (non-hydrogen) atoms. The third kappa shape index (κ3) is 2.54. The largest absolute Gasteiger partial charge is 0.408 e. The summed E-state index contributed by atoms with van der Waals surface area (Å²) in [4.78, 5) is 0. The lowest BCUT2D eigenvalue weighted by Crippen LogP contribution is -2.72. The van der Waals surface area contributed by atoms with Gasteiger partial charge >= 0.3 is 0 Å². The molecule has 0 fully saturated rings. The summed E-state index contributed by atoms with van der Waals surface area (Å²) < 4.78 is 7.18. The van der Waals surface area contributed by atoms with Gasteiger partial charge in [0.05, 0.1) is 5.73 Å². The first kappa shape index (κ1) is 17.7. The van der Waals surface area contributed by atoms with Gasteiger partial charge in [0.25, 0.3) is 0 Å². The van der Waals surface area contributed by atoms with Crippen molar-refractivity contribution in [2.75, 3.05) is 0 Å². The minimum absolute atomic E-state index is 0.315. The second-order valence-electron chi connectivity index (χ2n) is 7.02. The van der Waals surface area contributed by atoms with E-state index in [1.807, 2.05) is 0 Å². The highest BCUT2D eigenvalue weighted by atomic mass is 28.4. The molecule has 1 atom stereocenters. The van der Waals surface area contributed by atoms with Crippen LogP contribution in [-0.4, -0.2) is 16.4 Å². The van der Waals surface area contributed by atoms with Gasteiger partial charge in [0.2, 0.25) is 8.32 Å². The molecule has 2 aromatic carbocycles. The zero-order valence-corrected chi connectivity index (χ0v) is 17.5. The Morgan fingerprint density at radius 1 is 0.708 bits per heavy atom. The third-order valence-corrected chi connectivity index (χ3v) is 16.7. The van der Waals surface area contributed by atoms with Gasteiger partial charge in [-0.05, 0) is 22.8 Å². The van der Waals surface area contributed by atoms with E-state index in [1.54, 1.807) is 10.4 Å². The fourth-order valence-electron chi connectivity index (χ4n) is 4.67. The highest BCUT2D eigenvalue weighted by molar-refractivity contribution is 7.02. The molecule has 2 aromatic rings. The van der Waals surface area contributed by atoms with Crippen molar-refractivity contribution >= 4 is 26.8 Å². The van der Waals surface area contributed by atoms with Gasteiger partial charge in [0, 0.05) is 0 Å². The third-order valence-electron chi connectivity index (χ3n) is 6.31. The molecule has 0 aliphatic carbocycles. The highest BCUT2D eigenvalue weighted by Gasteiger charge is 2.53. The van der Waals surface area contributed by atoms with Crippen LogP contribution < -0.4 is 10.4 Å². The van der Waals surface area contributed by atoms with E-state index in [4.69, 9.17) is 4.43 Å². The second kappa shape index (κ2) is 6.99. The van der Waals surface area contributed by atoms with Gasteiger partial charge in [0.1, 0.15) is 8.07 Å². The predicted molar refractivity (Wildman–Crippen MR) is 109 cm³/mol. The van der Waals surface area contributed by atoms with Crippen molar-refractivity contribution in [2.45, 2.75) is 57.6 Å². The van der Waals surface area contributed by atoms with E-state index < -0.39 is 16.4 Å². The second-order valence-corrected chi connectivity index (χ2v) is 16.0. The molecule has 0 N–H and O–H groups in total. The van der Waals surface area contributed by atoms with E-state index in [0.717, 1.165) is 0 Å². The van der Waals surface area contributed by atoms with E-state index in [-0.39, 0.29) is 0 Å². The molecular formula is C21H30OSi2. The zero-order valence-electron chi connectivity index (χ0n) is 15.5. The number of hydrogen-bond acceptors (Lipinski definition) is 1. The Hall–Kier alpha value is -1.17. The van der Waals surface area contributed by atoms with Crippen molar-refractivity contribution < 1.29 is 4.43 Å². The van der Waals surface area contributed by atoms with Crippen LogP contribution in [0.2, 0.25) is 24.2 Å². The molecule has 1 unspecified atom stereocenters. The molecule has 1 aliphatic rings. The Kier molecular flexibility index (Phi) is 5.14. The fraction of sp³-hybridized carbons (Fsp3) is 0.429. The molecule has 0 amide bonds. The van der Waals surface area contributed by atoms with Crippen LogP contribution in [0.15, 0.2) is 54.6 Å². The van der Waals surface area contributed by atoms with Crippen molar-refractivity contribution in [3.05, 3.63) is 60.2 Å². The van der Waals surface area contributed by atoms with Crippen molar-refractivity contribution in [3.63, 3.8) is 0 Å². The molecule has 0 saturated heterocycles. The average molecular weight is 355 g/mol. The standard InChI is InChI=1S/C21H30OSi2/c1-5-23(6-2)19-16-12-13-17-20(19)24(7-3,8-4)22-21(23)18-14-10-9-11-15-18/h9-17,21H,5-8H2,1-4H3. The van der Waals surface area contributed by atoms with Crippen molar-refractivity contribution in [1.82, 2.24) is 0 Å². The Morgan fingerprint density at radius 2 is 1.25 bits per heavy atom. The minimum atomic E-state index is -1.88. The summed E-state index contributed by atoms with van der Waals surface area (Å²) in [6.45, 7) is 9.44. The van der Waals surface area contributed by atoms with E-state index in [0.29, 0.717) is 5.73 Å². The lowest BCUT2D eigenvalue weighted by molar-refractivity contribution is 0.262. The lowest BCUT2D eigenvalue weighted by Gasteiger charge is -2.50. The van der Waals surface area contributed by atoms with Crippen molar-refractivity contribution in [3.8, 4) is 0 Å². The van der Waals surface area contributed by atoms with Gasteiger partial charge in [-0.25, -0.2) is 0 Å². The maximum atomic E-state index is 7.18. The molecular weight excluding hydrogens is 324 g/mol. The van der Waals surface area contributed by atoms with E-state index in [1.165, 1.54) is 29.7 Å². The monoisotopic (exact) mass is 354 g/mol. The molecule has 0 aromatic heterocycles. The molecule has 1 aliphatic heterocycles. The van der Waals surface area contributed by atoms with Gasteiger partial charge in [-0.3, -0.25) is 0 Å². The van der Waals surface area contributed by atoms with Crippen LogP contribution in [0.3, 0.4) is 0 Å². The molecule has 0 bridgehead atoms. The van der Waals surface area contributed by atoms with Gasteiger partial charge in [0.15, 0.2) is 0 Å². The van der Waals surface area contributed by atoms with Crippen LogP contribution in [-0.2, 0) is 4.43 Å². The Morgan fingerprint density at radius 3 is 1.79 bits per heavy atom. The average Bonchev–Trinajstić information content (AvgIpc) is 2.67. The maximum absolute atomic E-state index is 7.18. The molecule has 3 heteroatoms. The summed E-state index contributed by atoms with van der Waals surface area (Å²) in [7, 11) is -3.61. The molecule has 1 nitrogen and oxygen atoms in total. The van der Waals surface area contributed by atoms with E-state index in [2.05, 4.69) is 82.3 Å². The van der Waals surface area contributed by atoms with E-state index >= 15 is 0 Å². The van der Waals surface area contributed by atoms with Crippen LogP contribution >= 0.6 is 0 Å². The summed E-state index contributed by atoms with van der Waals surface area (Å²) in [5, 5.41) is 3.31. The summed E-state index contributed by atoms with van der Waals surface area (Å²) in [5.41, 5.74) is 1.72. The van der Waals surface area contributed by atoms with Crippen LogP contribution in [0.1, 0.15) is 39.0 Å². The van der Waals surface area contributed by atoms with Gasteiger partial charge < -0.3 is 4.43 Å². The number of benzene rings is 2. The van der Waals surface area contributed by atoms with Gasteiger partial charge in [-0.2, -0.15) is 0 Å². The van der Waals surface area contributed by atoms with E-state index in [9.17, 15) is 0 Å². The number of fused-ring (bicyclic) bond motifs is 1. The quantitative estimate of drug-likeness (QED) is 0.695. The maximum Gasteiger partial charge on any atom is 0.224 e.